The average Bonchev–Trinajstić information content (AvgIpc) is 3.58. The topological polar surface area (TPSA) is 22.2 Å². The molecule has 4 aromatic carbocycles. The minimum Gasteiger partial charge on any atom is -0.309 e. The first-order valence-electron chi connectivity index (χ1n) is 14.0. The van der Waals surface area contributed by atoms with Gasteiger partial charge in [0.25, 0.3) is 0 Å². The molecule has 0 saturated heterocycles. The number of allylic oxidation sites excluding steroid dienone is 5. The maximum absolute atomic E-state index is 4.35. The molecule has 0 saturated carbocycles. The monoisotopic (exact) mass is 525 g/mol. The Morgan fingerprint density at radius 2 is 1.37 bits per heavy atom. The Morgan fingerprint density at radius 1 is 0.659 bits per heavy atom. The number of hydrogen-bond donors (Lipinski definition) is 0. The number of pyridine rings is 2. The zero-order chi connectivity index (χ0) is 27.5. The van der Waals surface area contributed by atoms with E-state index < -0.39 is 0 Å². The summed E-state index contributed by atoms with van der Waals surface area (Å²) in [7, 11) is 0. The van der Waals surface area contributed by atoms with Crippen molar-refractivity contribution >= 4 is 71.2 Å². The Morgan fingerprint density at radius 3 is 2.12 bits per heavy atom. The highest BCUT2D eigenvalue weighted by Gasteiger charge is 2.18. The van der Waals surface area contributed by atoms with Crippen LogP contribution in [0.1, 0.15) is 12.5 Å². The second-order valence-electron chi connectivity index (χ2n) is 10.5. The minimum absolute atomic E-state index is 1.02. The number of rotatable bonds is 4. The predicted octanol–water partition coefficient (Wildman–Crippen LogP) is 10.0. The van der Waals surface area contributed by atoms with Crippen LogP contribution in [0.4, 0.5) is 0 Å². The van der Waals surface area contributed by atoms with E-state index in [1.807, 2.05) is 24.5 Å². The summed E-state index contributed by atoms with van der Waals surface area (Å²) in [6, 6.07) is 37.2. The molecule has 0 atom stereocenters. The summed E-state index contributed by atoms with van der Waals surface area (Å²) in [5.74, 6) is 0. The van der Waals surface area contributed by atoms with Crippen molar-refractivity contribution in [2.45, 2.75) is 6.92 Å². The van der Waals surface area contributed by atoms with Crippen LogP contribution in [0.25, 0.3) is 71.2 Å². The molecule has 0 unspecified atom stereocenters. The molecule has 0 bridgehead atoms. The molecule has 0 aliphatic rings. The molecule has 0 aliphatic heterocycles. The third kappa shape index (κ3) is 3.42. The molecule has 0 radical (unpaired) electrons. The molecule has 8 aromatic rings. The zero-order valence-corrected chi connectivity index (χ0v) is 22.8. The number of hydrogen-bond acceptors (Lipinski definition) is 1. The molecule has 8 rings (SSSR count). The summed E-state index contributed by atoms with van der Waals surface area (Å²) < 4.78 is 4.77. The predicted molar refractivity (Wildman–Crippen MR) is 175 cm³/mol. The molecule has 4 heterocycles. The van der Waals surface area contributed by atoms with Crippen LogP contribution in [-0.4, -0.2) is 14.0 Å². The van der Waals surface area contributed by atoms with Crippen LogP contribution in [0.15, 0.2) is 140 Å². The standard InChI is InChI=1S/C38H27N3/c1-3-25(27-13-11-19-39-24-27)20-28(4-2)40-35-17-9-7-15-30(35)32-22-33-31(23-38(32)40)29-14-6-10-18-36(29)41-34-16-8-5-12-26(34)21-37(33)41/h3-24H,2H2,1H3/b25-3+,28-20+. The Bertz CT molecular complexity index is 2380. The van der Waals surface area contributed by atoms with Crippen LogP contribution in [0, 0.1) is 0 Å². The van der Waals surface area contributed by atoms with Crippen molar-refractivity contribution in [2.75, 3.05) is 0 Å². The summed E-state index contributed by atoms with van der Waals surface area (Å²) in [5.41, 5.74) is 9.20. The Balaban J connectivity index is 1.53. The van der Waals surface area contributed by atoms with Crippen LogP contribution in [0.5, 0.6) is 0 Å². The fraction of sp³-hybridized carbons (Fsp3) is 0.0263. The summed E-state index contributed by atoms with van der Waals surface area (Å²) in [5, 5.41) is 7.44. The second-order valence-corrected chi connectivity index (χ2v) is 10.5. The van der Waals surface area contributed by atoms with Gasteiger partial charge in [0.15, 0.2) is 0 Å². The van der Waals surface area contributed by atoms with Crippen LogP contribution in [0.3, 0.4) is 0 Å². The van der Waals surface area contributed by atoms with Gasteiger partial charge in [0.2, 0.25) is 0 Å². The molecule has 0 fully saturated rings. The highest BCUT2D eigenvalue weighted by molar-refractivity contribution is 6.22. The summed E-state index contributed by atoms with van der Waals surface area (Å²) in [6.07, 6.45) is 10.0. The lowest BCUT2D eigenvalue weighted by molar-refractivity contribution is 1.24. The van der Waals surface area contributed by atoms with Crippen LogP contribution >= 0.6 is 0 Å². The maximum Gasteiger partial charge on any atom is 0.0547 e. The van der Waals surface area contributed by atoms with E-state index in [0.29, 0.717) is 0 Å². The first kappa shape index (κ1) is 23.5. The van der Waals surface area contributed by atoms with Crippen molar-refractivity contribution in [3.8, 4) is 0 Å². The number of nitrogens with zero attached hydrogens (tertiary/aromatic N) is 3. The quantitative estimate of drug-likeness (QED) is 0.165. The van der Waals surface area contributed by atoms with E-state index in [2.05, 4.69) is 137 Å². The van der Waals surface area contributed by atoms with Gasteiger partial charge in [-0.05, 0) is 78.1 Å². The lowest BCUT2D eigenvalue weighted by atomic mass is 10.0. The highest BCUT2D eigenvalue weighted by Crippen LogP contribution is 2.40. The lowest BCUT2D eigenvalue weighted by Crippen LogP contribution is -1.96. The van der Waals surface area contributed by atoms with E-state index in [1.54, 1.807) is 0 Å². The molecule has 3 heteroatoms. The highest BCUT2D eigenvalue weighted by atomic mass is 15.0. The lowest BCUT2D eigenvalue weighted by Gasteiger charge is -2.13. The smallest absolute Gasteiger partial charge is 0.0547 e. The van der Waals surface area contributed by atoms with E-state index in [4.69, 9.17) is 0 Å². The first-order valence-corrected chi connectivity index (χ1v) is 14.0. The van der Waals surface area contributed by atoms with Gasteiger partial charge in [-0.3, -0.25) is 4.98 Å². The van der Waals surface area contributed by atoms with E-state index in [1.165, 1.54) is 48.9 Å². The molecule has 0 amide bonds. The third-order valence-electron chi connectivity index (χ3n) is 8.31. The van der Waals surface area contributed by atoms with Gasteiger partial charge in [0.05, 0.1) is 27.6 Å². The van der Waals surface area contributed by atoms with Crippen molar-refractivity contribution < 1.29 is 0 Å². The second kappa shape index (κ2) is 9.07. The Kier molecular flexibility index (Phi) is 5.19. The van der Waals surface area contributed by atoms with E-state index >= 15 is 0 Å². The van der Waals surface area contributed by atoms with Gasteiger partial charge in [0.1, 0.15) is 0 Å². The van der Waals surface area contributed by atoms with Crippen molar-refractivity contribution in [3.05, 3.63) is 146 Å². The van der Waals surface area contributed by atoms with Crippen LogP contribution in [0.2, 0.25) is 0 Å². The van der Waals surface area contributed by atoms with Gasteiger partial charge in [-0.2, -0.15) is 0 Å². The average molecular weight is 526 g/mol. The zero-order valence-electron chi connectivity index (χ0n) is 22.8. The van der Waals surface area contributed by atoms with Gasteiger partial charge in [0, 0.05) is 45.0 Å². The summed E-state index contributed by atoms with van der Waals surface area (Å²) >= 11 is 0. The van der Waals surface area contributed by atoms with E-state index in [9.17, 15) is 0 Å². The maximum atomic E-state index is 4.35. The molecule has 4 aromatic heterocycles. The third-order valence-corrected chi connectivity index (χ3v) is 8.31. The summed E-state index contributed by atoms with van der Waals surface area (Å²) in [4.78, 5) is 4.35. The van der Waals surface area contributed by atoms with Crippen molar-refractivity contribution in [1.82, 2.24) is 14.0 Å². The molecule has 0 N–H and O–H groups in total. The minimum atomic E-state index is 1.02. The van der Waals surface area contributed by atoms with Gasteiger partial charge in [-0.1, -0.05) is 73.3 Å². The molecule has 0 spiro atoms. The van der Waals surface area contributed by atoms with Gasteiger partial charge >= 0.3 is 0 Å². The van der Waals surface area contributed by atoms with Gasteiger partial charge in [-0.25, -0.2) is 0 Å². The molecular formula is C38H27N3. The largest absolute Gasteiger partial charge is 0.309 e. The summed E-state index contributed by atoms with van der Waals surface area (Å²) in [6.45, 7) is 6.32. The van der Waals surface area contributed by atoms with Crippen molar-refractivity contribution in [2.24, 2.45) is 0 Å². The Labute approximate surface area is 237 Å². The number of aromatic nitrogens is 3. The van der Waals surface area contributed by atoms with Gasteiger partial charge in [-0.15, -0.1) is 0 Å². The number of benzene rings is 4. The van der Waals surface area contributed by atoms with Crippen LogP contribution in [-0.2, 0) is 0 Å². The fourth-order valence-electron chi connectivity index (χ4n) is 6.48. The molecule has 0 aliphatic carbocycles. The molecule has 41 heavy (non-hydrogen) atoms. The SMILES string of the molecule is C=C/C(=C\C(=C/C)c1cccnc1)n1c2ccccc2c2cc3c(cc21)c1ccccc1n1c2ccccc2cc31. The normalized spacial score (nSPS) is 12.9. The Hall–Kier alpha value is -5.41. The van der Waals surface area contributed by atoms with Crippen LogP contribution < -0.4 is 0 Å². The van der Waals surface area contributed by atoms with Crippen molar-refractivity contribution in [1.29, 1.82) is 0 Å². The molecule has 3 nitrogen and oxygen atoms in total. The first-order chi connectivity index (χ1) is 20.3. The number of fused-ring (bicyclic) bond motifs is 11. The van der Waals surface area contributed by atoms with Gasteiger partial charge < -0.3 is 8.97 Å². The molecule has 194 valence electrons. The van der Waals surface area contributed by atoms with E-state index in [0.717, 1.165) is 27.9 Å². The van der Waals surface area contributed by atoms with E-state index in [-0.39, 0.29) is 0 Å². The molecular weight excluding hydrogens is 498 g/mol. The number of para-hydroxylation sites is 3. The van der Waals surface area contributed by atoms with Crippen molar-refractivity contribution in [3.63, 3.8) is 0 Å². The fourth-order valence-corrected chi connectivity index (χ4v) is 6.48.